The Bertz CT molecular complexity index is 1510. The molecule has 0 unspecified atom stereocenters. The number of ether oxygens (including phenoxy) is 1. The smallest absolute Gasteiger partial charge is 0.318 e. The van der Waals surface area contributed by atoms with Crippen molar-refractivity contribution in [2.45, 2.75) is 64.3 Å². The van der Waals surface area contributed by atoms with Gasteiger partial charge in [0.2, 0.25) is 5.78 Å². The van der Waals surface area contributed by atoms with Gasteiger partial charge in [-0.25, -0.2) is 8.97 Å². The van der Waals surface area contributed by atoms with Gasteiger partial charge >= 0.3 is 5.97 Å². The Morgan fingerprint density at radius 1 is 1.26 bits per heavy atom. The van der Waals surface area contributed by atoms with Crippen molar-refractivity contribution in [2.75, 3.05) is 7.11 Å². The highest BCUT2D eigenvalue weighted by Gasteiger charge is 2.33. The minimum absolute atomic E-state index is 0.0570. The number of fused-ring (bicyclic) bond motifs is 5. The van der Waals surface area contributed by atoms with Crippen LogP contribution >= 0.6 is 23.1 Å². The Labute approximate surface area is 212 Å². The van der Waals surface area contributed by atoms with Crippen molar-refractivity contribution >= 4 is 45.1 Å². The van der Waals surface area contributed by atoms with Gasteiger partial charge in [-0.2, -0.15) is 0 Å². The van der Waals surface area contributed by atoms with Crippen molar-refractivity contribution in [2.24, 2.45) is 11.3 Å². The van der Waals surface area contributed by atoms with Crippen molar-refractivity contribution in [3.05, 3.63) is 50.6 Å². The monoisotopic (exact) mass is 510 g/mol. The average Bonchev–Trinajstić information content (AvgIpc) is 3.40. The van der Waals surface area contributed by atoms with Crippen molar-refractivity contribution in [1.82, 2.24) is 19.2 Å². The second-order valence-corrected chi connectivity index (χ2v) is 12.7. The van der Waals surface area contributed by atoms with Gasteiger partial charge < -0.3 is 4.74 Å². The molecule has 184 valence electrons. The lowest BCUT2D eigenvalue weighted by Gasteiger charge is -2.33. The van der Waals surface area contributed by atoms with E-state index < -0.39 is 5.25 Å². The Kier molecular flexibility index (Phi) is 6.04. The van der Waals surface area contributed by atoms with Gasteiger partial charge in [0.15, 0.2) is 5.16 Å². The average molecular weight is 511 g/mol. The minimum atomic E-state index is -0.457. The molecule has 0 fully saturated rings. The van der Waals surface area contributed by atoms with Gasteiger partial charge in [0.1, 0.15) is 10.1 Å². The van der Waals surface area contributed by atoms with Gasteiger partial charge in [-0.05, 0) is 61.6 Å². The zero-order valence-corrected chi connectivity index (χ0v) is 22.5. The summed E-state index contributed by atoms with van der Waals surface area (Å²) < 4.78 is 8.57. The number of methoxy groups -OCH3 is 1. The number of esters is 1. The number of thioether (sulfide) groups is 1. The van der Waals surface area contributed by atoms with Gasteiger partial charge in [0, 0.05) is 4.88 Å². The molecule has 0 radical (unpaired) electrons. The molecule has 2 atom stereocenters. The Hall–Kier alpha value is -2.65. The Morgan fingerprint density at radius 2 is 2.00 bits per heavy atom. The van der Waals surface area contributed by atoms with E-state index in [1.807, 2.05) is 35.6 Å². The number of aromatic nitrogens is 4. The molecule has 7 nitrogen and oxygen atoms in total. The first kappa shape index (κ1) is 24.1. The van der Waals surface area contributed by atoms with E-state index in [0.717, 1.165) is 46.3 Å². The molecule has 1 aliphatic rings. The van der Waals surface area contributed by atoms with Crippen LogP contribution in [-0.4, -0.2) is 37.5 Å². The summed E-state index contributed by atoms with van der Waals surface area (Å²) in [5.74, 6) is 0.697. The fourth-order valence-electron chi connectivity index (χ4n) is 4.96. The molecule has 0 aliphatic heterocycles. The van der Waals surface area contributed by atoms with Crippen LogP contribution in [0.15, 0.2) is 34.2 Å². The molecule has 0 spiro atoms. The summed E-state index contributed by atoms with van der Waals surface area (Å²) in [5, 5.41) is 9.76. The lowest BCUT2D eigenvalue weighted by Crippen LogP contribution is -2.27. The number of hydrogen-bond acceptors (Lipinski definition) is 7. The summed E-state index contributed by atoms with van der Waals surface area (Å²) in [5.41, 5.74) is 3.08. The fourth-order valence-corrected chi connectivity index (χ4v) is 7.31. The largest absolute Gasteiger partial charge is 0.468 e. The first-order valence-electron chi connectivity index (χ1n) is 11.9. The summed E-state index contributed by atoms with van der Waals surface area (Å²) in [6.07, 6.45) is 2.91. The normalized spacial score (nSPS) is 17.0. The fraction of sp³-hybridized carbons (Fsp3) is 0.462. The van der Waals surface area contributed by atoms with Crippen LogP contribution in [0.25, 0.3) is 21.7 Å². The maximum absolute atomic E-state index is 14.1. The molecule has 35 heavy (non-hydrogen) atoms. The predicted octanol–water partition coefficient (Wildman–Crippen LogP) is 5.21. The lowest BCUT2D eigenvalue weighted by molar-refractivity contribution is -0.139. The highest BCUT2D eigenvalue weighted by atomic mass is 32.2. The van der Waals surface area contributed by atoms with Gasteiger partial charge in [-0.15, -0.1) is 21.5 Å². The van der Waals surface area contributed by atoms with E-state index in [2.05, 4.69) is 31.0 Å². The van der Waals surface area contributed by atoms with Gasteiger partial charge in [0.05, 0.1) is 18.2 Å². The highest BCUT2D eigenvalue weighted by Crippen LogP contribution is 2.43. The van der Waals surface area contributed by atoms with E-state index in [9.17, 15) is 9.59 Å². The molecule has 1 aromatic carbocycles. The molecule has 0 amide bonds. The maximum Gasteiger partial charge on any atom is 0.318 e. The van der Waals surface area contributed by atoms with Crippen LogP contribution in [0.1, 0.15) is 50.1 Å². The van der Waals surface area contributed by atoms with Crippen LogP contribution in [0.3, 0.4) is 0 Å². The number of aryl methyl sites for hydroxylation is 2. The van der Waals surface area contributed by atoms with Crippen molar-refractivity contribution in [1.29, 1.82) is 0 Å². The maximum atomic E-state index is 14.1. The molecule has 4 aromatic rings. The lowest BCUT2D eigenvalue weighted by atomic mass is 9.72. The summed E-state index contributed by atoms with van der Waals surface area (Å²) in [4.78, 5) is 28.4. The molecule has 3 aromatic heterocycles. The minimum Gasteiger partial charge on any atom is -0.468 e. The van der Waals surface area contributed by atoms with Crippen molar-refractivity contribution in [3.8, 4) is 5.69 Å². The zero-order chi connectivity index (χ0) is 25.1. The van der Waals surface area contributed by atoms with Gasteiger partial charge in [-0.3, -0.25) is 9.59 Å². The number of carbonyl (C=O) groups excluding carboxylic acids is 1. The molecule has 9 heteroatoms. The molecular formula is C26H30N4O3S2. The third-order valence-electron chi connectivity index (χ3n) is 7.08. The first-order chi connectivity index (χ1) is 16.6. The van der Waals surface area contributed by atoms with Gasteiger partial charge in [0.25, 0.3) is 5.56 Å². The number of thiophene rings is 1. The molecule has 1 aliphatic carbocycles. The van der Waals surface area contributed by atoms with Gasteiger partial charge in [-0.1, -0.05) is 50.7 Å². The standard InChI is InChI=1S/C26H30N4O3S2/c1-14-9-7-8-10-18(14)29-21(31)20-17-12-11-16(26(3,4)5)13-19(17)35-22(20)30-24(29)27-28-25(30)34-15(2)23(32)33-6/h7-10,15-16H,11-13H2,1-6H3/t15-,16-/m0/s1. The molecule has 0 N–H and O–H groups in total. The molecule has 3 heterocycles. The van der Waals surface area contributed by atoms with E-state index in [1.165, 1.54) is 23.7 Å². The molecule has 5 rings (SSSR count). The molecular weight excluding hydrogens is 480 g/mol. The Morgan fingerprint density at radius 3 is 2.69 bits per heavy atom. The van der Waals surface area contributed by atoms with E-state index in [1.54, 1.807) is 22.8 Å². The van der Waals surface area contributed by atoms with Crippen molar-refractivity contribution < 1.29 is 9.53 Å². The number of para-hydroxylation sites is 1. The molecule has 0 bridgehead atoms. The van der Waals surface area contributed by atoms with Crippen LogP contribution < -0.4 is 5.56 Å². The topological polar surface area (TPSA) is 78.5 Å². The molecule has 0 saturated heterocycles. The molecule has 0 saturated carbocycles. The van der Waals surface area contributed by atoms with E-state index in [-0.39, 0.29) is 16.9 Å². The van der Waals surface area contributed by atoms with Crippen LogP contribution in [0.5, 0.6) is 0 Å². The number of carbonyl (C=O) groups is 1. The quantitative estimate of drug-likeness (QED) is 0.277. The van der Waals surface area contributed by atoms with Crippen LogP contribution in [0, 0.1) is 18.3 Å². The summed E-state index contributed by atoms with van der Waals surface area (Å²) in [7, 11) is 1.38. The number of benzene rings is 1. The van der Waals surface area contributed by atoms with E-state index in [4.69, 9.17) is 4.74 Å². The number of hydrogen-bond donors (Lipinski definition) is 0. The number of rotatable bonds is 4. The third kappa shape index (κ3) is 3.98. The summed E-state index contributed by atoms with van der Waals surface area (Å²) in [6, 6.07) is 7.82. The Balaban J connectivity index is 1.81. The third-order valence-corrected chi connectivity index (χ3v) is 9.34. The number of nitrogens with zero attached hydrogens (tertiary/aromatic N) is 4. The van der Waals surface area contributed by atoms with E-state index >= 15 is 0 Å². The first-order valence-corrected chi connectivity index (χ1v) is 13.6. The van der Waals surface area contributed by atoms with Crippen LogP contribution in [0.2, 0.25) is 0 Å². The SMILES string of the molecule is COC(=O)[C@H](C)Sc1nnc2n(-c3ccccc3C)c(=O)c3c4c(sc3n12)C[C@@H](C(C)(C)C)CC4. The summed E-state index contributed by atoms with van der Waals surface area (Å²) in [6.45, 7) is 10.7. The second-order valence-electron chi connectivity index (χ2n) is 10.3. The second kappa shape index (κ2) is 8.78. The highest BCUT2D eigenvalue weighted by molar-refractivity contribution is 8.00. The van der Waals surface area contributed by atoms with Crippen molar-refractivity contribution in [3.63, 3.8) is 0 Å². The zero-order valence-electron chi connectivity index (χ0n) is 20.9. The predicted molar refractivity (Wildman–Crippen MR) is 141 cm³/mol. The van der Waals surface area contributed by atoms with E-state index in [0.29, 0.717) is 16.9 Å². The van der Waals surface area contributed by atoms with Crippen LogP contribution in [-0.2, 0) is 22.4 Å². The van der Waals surface area contributed by atoms with Crippen LogP contribution in [0.4, 0.5) is 0 Å². The summed E-state index contributed by atoms with van der Waals surface area (Å²) >= 11 is 2.97.